The van der Waals surface area contributed by atoms with E-state index in [0.717, 1.165) is 17.3 Å². The van der Waals surface area contributed by atoms with Gasteiger partial charge in [0.15, 0.2) is 4.34 Å². The van der Waals surface area contributed by atoms with Crippen LogP contribution in [0.25, 0.3) is 0 Å². The van der Waals surface area contributed by atoms with E-state index >= 15 is 0 Å². The molecule has 78 valence electrons. The highest BCUT2D eigenvalue weighted by Gasteiger charge is 2.17. The number of nitrogens with one attached hydrogen (secondary N) is 1. The lowest BCUT2D eigenvalue weighted by molar-refractivity contribution is 0.427. The Hall–Kier alpha value is -0.260. The minimum Gasteiger partial charge on any atom is -0.313 e. The van der Waals surface area contributed by atoms with Crippen LogP contribution in [0.15, 0.2) is 15.9 Å². The number of hydrogen-bond donors (Lipinski definition) is 1. The molecule has 1 aliphatic heterocycles. The molecule has 2 atom stereocenters. The first-order valence-corrected chi connectivity index (χ1v) is 7.07. The molecule has 1 aliphatic rings. The SMILES string of the molecule is O=[S@](C[C@H]1CCCCN1)c1nccs1. The van der Waals surface area contributed by atoms with E-state index in [1.165, 1.54) is 24.2 Å². The maximum atomic E-state index is 11.8. The molecule has 1 aromatic rings. The molecular weight excluding hydrogens is 216 g/mol. The molecule has 2 heterocycles. The quantitative estimate of drug-likeness (QED) is 0.853. The van der Waals surface area contributed by atoms with E-state index in [1.54, 1.807) is 6.20 Å². The molecule has 0 saturated carbocycles. The first-order valence-electron chi connectivity index (χ1n) is 4.87. The van der Waals surface area contributed by atoms with Gasteiger partial charge >= 0.3 is 0 Å². The molecule has 14 heavy (non-hydrogen) atoms. The molecule has 0 amide bonds. The minimum absolute atomic E-state index is 0.425. The molecule has 1 saturated heterocycles. The maximum Gasteiger partial charge on any atom is 0.180 e. The summed E-state index contributed by atoms with van der Waals surface area (Å²) in [6.07, 6.45) is 5.37. The van der Waals surface area contributed by atoms with Crippen molar-refractivity contribution in [3.05, 3.63) is 11.6 Å². The van der Waals surface area contributed by atoms with Crippen LogP contribution in [0.1, 0.15) is 19.3 Å². The first kappa shape index (κ1) is 10.3. The molecule has 0 unspecified atom stereocenters. The number of piperidine rings is 1. The van der Waals surface area contributed by atoms with Crippen LogP contribution in [0.3, 0.4) is 0 Å². The molecule has 0 spiro atoms. The number of thiazole rings is 1. The topological polar surface area (TPSA) is 42.0 Å². The first-order chi connectivity index (χ1) is 6.86. The van der Waals surface area contributed by atoms with Gasteiger partial charge in [-0.3, -0.25) is 4.21 Å². The molecule has 3 nitrogen and oxygen atoms in total. The van der Waals surface area contributed by atoms with Gasteiger partial charge in [-0.15, -0.1) is 11.3 Å². The fourth-order valence-electron chi connectivity index (χ4n) is 1.64. The van der Waals surface area contributed by atoms with Crippen LogP contribution in [-0.4, -0.2) is 27.5 Å². The zero-order chi connectivity index (χ0) is 9.80. The van der Waals surface area contributed by atoms with Gasteiger partial charge in [-0.2, -0.15) is 0 Å². The van der Waals surface area contributed by atoms with E-state index in [9.17, 15) is 4.21 Å². The van der Waals surface area contributed by atoms with Crippen LogP contribution in [0.4, 0.5) is 0 Å². The van der Waals surface area contributed by atoms with Crippen molar-refractivity contribution in [3.8, 4) is 0 Å². The number of rotatable bonds is 3. The third-order valence-corrected chi connectivity index (χ3v) is 4.98. The lowest BCUT2D eigenvalue weighted by atomic mass is 10.1. The molecule has 1 N–H and O–H groups in total. The standard InChI is InChI=1S/C9H14N2OS2/c12-14(9-11-5-6-13-9)7-8-3-1-2-4-10-8/h5-6,8,10H,1-4,7H2/t8-,14-/m1/s1. The van der Waals surface area contributed by atoms with Crippen LogP contribution in [0.2, 0.25) is 0 Å². The van der Waals surface area contributed by atoms with Crippen molar-refractivity contribution in [2.75, 3.05) is 12.3 Å². The van der Waals surface area contributed by atoms with Crippen molar-refractivity contribution in [3.63, 3.8) is 0 Å². The van der Waals surface area contributed by atoms with Crippen LogP contribution >= 0.6 is 11.3 Å². The van der Waals surface area contributed by atoms with E-state index in [-0.39, 0.29) is 0 Å². The predicted molar refractivity (Wildman–Crippen MR) is 59.0 cm³/mol. The van der Waals surface area contributed by atoms with Crippen LogP contribution in [0, 0.1) is 0 Å². The van der Waals surface area contributed by atoms with Crippen molar-refractivity contribution in [2.24, 2.45) is 0 Å². The summed E-state index contributed by atoms with van der Waals surface area (Å²) < 4.78 is 12.6. The highest BCUT2D eigenvalue weighted by Crippen LogP contribution is 2.14. The van der Waals surface area contributed by atoms with Crippen molar-refractivity contribution in [2.45, 2.75) is 29.6 Å². The monoisotopic (exact) mass is 230 g/mol. The van der Waals surface area contributed by atoms with E-state index in [4.69, 9.17) is 0 Å². The molecule has 2 rings (SSSR count). The zero-order valence-corrected chi connectivity index (χ0v) is 9.57. The number of aromatic nitrogens is 1. The summed E-state index contributed by atoms with van der Waals surface area (Å²) in [7, 11) is -0.905. The fraction of sp³-hybridized carbons (Fsp3) is 0.667. The van der Waals surface area contributed by atoms with Gasteiger partial charge in [0.1, 0.15) is 0 Å². The lowest BCUT2D eigenvalue weighted by Gasteiger charge is -2.22. The Morgan fingerprint density at radius 3 is 3.21 bits per heavy atom. The van der Waals surface area contributed by atoms with E-state index in [2.05, 4.69) is 10.3 Å². The average Bonchev–Trinajstić information content (AvgIpc) is 2.72. The summed E-state index contributed by atoms with van der Waals surface area (Å²) in [4.78, 5) is 4.07. The van der Waals surface area contributed by atoms with Crippen LogP contribution in [0.5, 0.6) is 0 Å². The van der Waals surface area contributed by atoms with E-state index in [1.807, 2.05) is 5.38 Å². The van der Waals surface area contributed by atoms with E-state index < -0.39 is 10.8 Å². The van der Waals surface area contributed by atoms with Gasteiger partial charge in [0.2, 0.25) is 0 Å². The zero-order valence-electron chi connectivity index (χ0n) is 7.94. The third-order valence-electron chi connectivity index (χ3n) is 2.37. The average molecular weight is 230 g/mol. The molecule has 1 aromatic heterocycles. The van der Waals surface area contributed by atoms with Crippen LogP contribution < -0.4 is 5.32 Å². The van der Waals surface area contributed by atoms with Crippen molar-refractivity contribution >= 4 is 22.1 Å². The summed E-state index contributed by atoms with van der Waals surface area (Å²) in [6.45, 7) is 1.07. The third kappa shape index (κ3) is 2.62. The van der Waals surface area contributed by atoms with Crippen molar-refractivity contribution in [1.82, 2.24) is 10.3 Å². The molecule has 1 fully saturated rings. The van der Waals surface area contributed by atoms with Crippen LogP contribution in [-0.2, 0) is 10.8 Å². The van der Waals surface area contributed by atoms with Gasteiger partial charge in [-0.05, 0) is 19.4 Å². The maximum absolute atomic E-state index is 11.8. The highest BCUT2D eigenvalue weighted by atomic mass is 32.2. The van der Waals surface area contributed by atoms with Gasteiger partial charge in [-0.1, -0.05) is 6.42 Å². The molecule has 0 aromatic carbocycles. The van der Waals surface area contributed by atoms with Crippen molar-refractivity contribution in [1.29, 1.82) is 0 Å². The van der Waals surface area contributed by atoms with Crippen molar-refractivity contribution < 1.29 is 4.21 Å². The summed E-state index contributed by atoms with van der Waals surface area (Å²) in [5, 5.41) is 5.27. The Bertz CT molecular complexity index is 294. The Labute approximate surface area is 90.4 Å². The fourth-order valence-corrected chi connectivity index (χ4v) is 3.77. The largest absolute Gasteiger partial charge is 0.313 e. The minimum atomic E-state index is -0.905. The number of hydrogen-bond acceptors (Lipinski definition) is 4. The van der Waals surface area contributed by atoms with Gasteiger partial charge in [0.05, 0.1) is 10.8 Å². The summed E-state index contributed by atoms with van der Waals surface area (Å²) >= 11 is 1.48. The summed E-state index contributed by atoms with van der Waals surface area (Å²) in [5.74, 6) is 0.716. The number of nitrogens with zero attached hydrogens (tertiary/aromatic N) is 1. The Kier molecular flexibility index (Phi) is 3.67. The molecule has 0 radical (unpaired) electrons. The molecular formula is C9H14N2OS2. The Balaban J connectivity index is 1.87. The van der Waals surface area contributed by atoms with Gasteiger partial charge < -0.3 is 5.32 Å². The molecule has 0 aliphatic carbocycles. The highest BCUT2D eigenvalue weighted by molar-refractivity contribution is 7.87. The Morgan fingerprint density at radius 1 is 1.64 bits per heavy atom. The molecule has 5 heteroatoms. The van der Waals surface area contributed by atoms with E-state index in [0.29, 0.717) is 11.8 Å². The Morgan fingerprint density at radius 2 is 2.57 bits per heavy atom. The van der Waals surface area contributed by atoms with Gasteiger partial charge in [0, 0.05) is 23.4 Å². The second-order valence-electron chi connectivity index (χ2n) is 3.46. The van der Waals surface area contributed by atoms with Gasteiger partial charge in [0.25, 0.3) is 0 Å². The van der Waals surface area contributed by atoms with Gasteiger partial charge in [-0.25, -0.2) is 4.98 Å². The second-order valence-corrected chi connectivity index (χ2v) is 6.02. The smallest absolute Gasteiger partial charge is 0.180 e. The lowest BCUT2D eigenvalue weighted by Crippen LogP contribution is -2.38. The predicted octanol–water partition coefficient (Wildman–Crippen LogP) is 1.39. The summed E-state index contributed by atoms with van der Waals surface area (Å²) in [6, 6.07) is 0.425. The normalized spacial score (nSPS) is 24.7. The second kappa shape index (κ2) is 5.00. The molecule has 0 bridgehead atoms. The summed E-state index contributed by atoms with van der Waals surface area (Å²) in [5.41, 5.74) is 0.